The van der Waals surface area contributed by atoms with Gasteiger partial charge in [-0.25, -0.2) is 14.8 Å². The lowest BCUT2D eigenvalue weighted by molar-refractivity contribution is 0.220. The van der Waals surface area contributed by atoms with Crippen molar-refractivity contribution in [3.8, 4) is 0 Å². The molecule has 0 unspecified atom stereocenters. The molecule has 22 heavy (non-hydrogen) atoms. The van der Waals surface area contributed by atoms with Gasteiger partial charge in [0.1, 0.15) is 5.82 Å². The molecule has 0 saturated carbocycles. The fraction of sp³-hybridized carbons (Fsp3) is 0.214. The van der Waals surface area contributed by atoms with Crippen molar-refractivity contribution in [2.24, 2.45) is 0 Å². The molecule has 3 rings (SSSR count). The van der Waals surface area contributed by atoms with Gasteiger partial charge in [-0.1, -0.05) is 12.1 Å². The molecule has 0 atom stereocenters. The Kier molecular flexibility index (Phi) is 3.92. The molecule has 112 valence electrons. The van der Waals surface area contributed by atoms with Crippen LogP contribution in [-0.2, 0) is 6.54 Å². The number of nitrogens with one attached hydrogen (secondary N) is 1. The summed E-state index contributed by atoms with van der Waals surface area (Å²) in [5.74, 6) is 0.642. The lowest BCUT2D eigenvalue weighted by Gasteiger charge is -2.16. The van der Waals surface area contributed by atoms with E-state index in [0.717, 1.165) is 28.3 Å². The second-order valence-corrected chi connectivity index (χ2v) is 5.53. The number of carbonyl (C=O) groups is 1. The van der Waals surface area contributed by atoms with Gasteiger partial charge in [0, 0.05) is 18.6 Å². The predicted molar refractivity (Wildman–Crippen MR) is 84.7 cm³/mol. The van der Waals surface area contributed by atoms with Crippen LogP contribution in [0, 0.1) is 6.92 Å². The lowest BCUT2D eigenvalue weighted by atomic mass is 10.3. The number of amides is 2. The summed E-state index contributed by atoms with van der Waals surface area (Å²) in [5.41, 5.74) is 2.38. The molecule has 0 fully saturated rings. The van der Waals surface area contributed by atoms with Crippen molar-refractivity contribution >= 4 is 33.7 Å². The first-order valence-electron chi connectivity index (χ1n) is 6.65. The number of benzene rings is 1. The van der Waals surface area contributed by atoms with Gasteiger partial charge >= 0.3 is 6.03 Å². The summed E-state index contributed by atoms with van der Waals surface area (Å²) in [6.45, 7) is 2.14. The molecule has 2 aromatic heterocycles. The number of aryl methyl sites for hydroxylation is 1. The molecule has 8 heteroatoms. The Morgan fingerprint density at radius 3 is 2.77 bits per heavy atom. The number of carbonyl (C=O) groups excluding carboxylic acids is 1. The highest BCUT2D eigenvalue weighted by Crippen LogP contribution is 2.12. The Bertz CT molecular complexity index is 818. The fourth-order valence-corrected chi connectivity index (χ4v) is 2.49. The summed E-state index contributed by atoms with van der Waals surface area (Å²) in [5, 5.41) is 3.19. The van der Waals surface area contributed by atoms with Gasteiger partial charge in [0.15, 0.2) is 0 Å². The van der Waals surface area contributed by atoms with E-state index in [0.29, 0.717) is 17.5 Å². The van der Waals surface area contributed by atoms with Crippen LogP contribution in [0.5, 0.6) is 0 Å². The fourth-order valence-electron chi connectivity index (χ4n) is 1.92. The van der Waals surface area contributed by atoms with E-state index in [4.69, 9.17) is 0 Å². The van der Waals surface area contributed by atoms with Crippen LogP contribution in [0.25, 0.3) is 11.0 Å². The number of para-hydroxylation sites is 2. The van der Waals surface area contributed by atoms with Crippen molar-refractivity contribution in [1.82, 2.24) is 24.2 Å². The molecule has 0 aliphatic carbocycles. The van der Waals surface area contributed by atoms with Gasteiger partial charge in [0.25, 0.3) is 0 Å². The highest BCUT2D eigenvalue weighted by atomic mass is 32.1. The molecule has 0 saturated heterocycles. The number of urea groups is 1. The number of nitrogens with zero attached hydrogens (tertiary/aromatic N) is 5. The number of hydrogen-bond acceptors (Lipinski definition) is 6. The number of rotatable bonds is 3. The zero-order valence-corrected chi connectivity index (χ0v) is 13.0. The minimum atomic E-state index is -0.258. The first-order valence-corrected chi connectivity index (χ1v) is 7.42. The van der Waals surface area contributed by atoms with Gasteiger partial charge in [0.2, 0.25) is 5.13 Å². The molecule has 0 bridgehead atoms. The maximum Gasteiger partial charge on any atom is 0.323 e. The van der Waals surface area contributed by atoms with Crippen LogP contribution in [-0.4, -0.2) is 37.3 Å². The van der Waals surface area contributed by atoms with E-state index in [1.54, 1.807) is 20.2 Å². The summed E-state index contributed by atoms with van der Waals surface area (Å²) in [4.78, 5) is 26.6. The quantitative estimate of drug-likeness (QED) is 0.803. The third kappa shape index (κ3) is 3.17. The van der Waals surface area contributed by atoms with Crippen LogP contribution < -0.4 is 5.32 Å². The summed E-state index contributed by atoms with van der Waals surface area (Å²) in [7, 11) is 1.69. The molecule has 0 radical (unpaired) electrons. The summed E-state index contributed by atoms with van der Waals surface area (Å²) in [6, 6.07) is 7.37. The zero-order valence-electron chi connectivity index (χ0n) is 12.1. The van der Waals surface area contributed by atoms with Crippen LogP contribution in [0.15, 0.2) is 30.5 Å². The van der Waals surface area contributed by atoms with E-state index < -0.39 is 0 Å². The molecule has 0 aliphatic heterocycles. The molecule has 2 heterocycles. The topological polar surface area (TPSA) is 83.9 Å². The first kappa shape index (κ1) is 14.3. The van der Waals surface area contributed by atoms with Crippen molar-refractivity contribution in [3.63, 3.8) is 0 Å². The number of fused-ring (bicyclic) bond motifs is 1. The molecule has 1 aromatic carbocycles. The smallest absolute Gasteiger partial charge is 0.322 e. The van der Waals surface area contributed by atoms with Gasteiger partial charge < -0.3 is 4.90 Å². The Morgan fingerprint density at radius 1 is 1.27 bits per heavy atom. The third-order valence-electron chi connectivity index (χ3n) is 2.99. The molecule has 0 spiro atoms. The van der Waals surface area contributed by atoms with Crippen molar-refractivity contribution in [3.05, 3.63) is 42.0 Å². The molecule has 2 amide bonds. The Balaban J connectivity index is 1.69. The van der Waals surface area contributed by atoms with Crippen LogP contribution in [0.2, 0.25) is 0 Å². The van der Waals surface area contributed by atoms with E-state index in [1.165, 1.54) is 4.90 Å². The maximum absolute atomic E-state index is 12.1. The second-order valence-electron chi connectivity index (χ2n) is 4.78. The maximum atomic E-state index is 12.1. The summed E-state index contributed by atoms with van der Waals surface area (Å²) < 4.78 is 4.02. The first-order chi connectivity index (χ1) is 10.6. The third-order valence-corrected chi connectivity index (χ3v) is 3.71. The van der Waals surface area contributed by atoms with Crippen LogP contribution >= 0.6 is 11.5 Å². The molecule has 3 aromatic rings. The molecule has 7 nitrogen and oxygen atoms in total. The lowest BCUT2D eigenvalue weighted by Crippen LogP contribution is -2.31. The van der Waals surface area contributed by atoms with Gasteiger partial charge in [-0.3, -0.25) is 10.3 Å². The van der Waals surface area contributed by atoms with Crippen LogP contribution in [0.1, 0.15) is 11.5 Å². The van der Waals surface area contributed by atoms with Gasteiger partial charge in [-0.05, 0) is 19.1 Å². The molecule has 1 N–H and O–H groups in total. The van der Waals surface area contributed by atoms with Crippen LogP contribution in [0.4, 0.5) is 9.93 Å². The Labute approximate surface area is 131 Å². The van der Waals surface area contributed by atoms with Crippen molar-refractivity contribution < 1.29 is 4.79 Å². The van der Waals surface area contributed by atoms with E-state index in [9.17, 15) is 4.79 Å². The number of aromatic nitrogens is 4. The SMILES string of the molecule is Cc1nsc(NC(=O)N(C)Cc2cnc3ccccc3n2)n1. The average Bonchev–Trinajstić information content (AvgIpc) is 2.92. The summed E-state index contributed by atoms with van der Waals surface area (Å²) in [6.07, 6.45) is 1.68. The van der Waals surface area contributed by atoms with Crippen molar-refractivity contribution in [1.29, 1.82) is 0 Å². The van der Waals surface area contributed by atoms with Crippen molar-refractivity contribution in [2.45, 2.75) is 13.5 Å². The second kappa shape index (κ2) is 6.02. The summed E-state index contributed by atoms with van der Waals surface area (Å²) >= 11 is 1.16. The Morgan fingerprint density at radius 2 is 2.05 bits per heavy atom. The van der Waals surface area contributed by atoms with E-state index >= 15 is 0 Å². The van der Waals surface area contributed by atoms with Gasteiger partial charge in [-0.15, -0.1) is 0 Å². The highest BCUT2D eigenvalue weighted by molar-refractivity contribution is 7.09. The normalized spacial score (nSPS) is 10.6. The Hall–Kier alpha value is -2.61. The van der Waals surface area contributed by atoms with E-state index in [2.05, 4.69) is 24.6 Å². The van der Waals surface area contributed by atoms with E-state index in [-0.39, 0.29) is 6.03 Å². The number of anilines is 1. The molecular weight excluding hydrogens is 300 g/mol. The molecular formula is C14H14N6OS. The standard InChI is InChI=1S/C14H14N6OS/c1-9-16-13(22-19-9)18-14(21)20(2)8-10-7-15-11-5-3-4-6-12(11)17-10/h3-7H,8H2,1-2H3,(H,16,18,19,21). The highest BCUT2D eigenvalue weighted by Gasteiger charge is 2.12. The number of hydrogen-bond donors (Lipinski definition) is 1. The minimum absolute atomic E-state index is 0.258. The predicted octanol–water partition coefficient (Wildman–Crippen LogP) is 2.45. The largest absolute Gasteiger partial charge is 0.323 e. The zero-order chi connectivity index (χ0) is 15.5. The molecule has 0 aliphatic rings. The average molecular weight is 314 g/mol. The van der Waals surface area contributed by atoms with Crippen molar-refractivity contribution in [2.75, 3.05) is 12.4 Å². The monoisotopic (exact) mass is 314 g/mol. The van der Waals surface area contributed by atoms with E-state index in [1.807, 2.05) is 24.3 Å². The van der Waals surface area contributed by atoms with Gasteiger partial charge in [0.05, 0.1) is 29.5 Å². The van der Waals surface area contributed by atoms with Gasteiger partial charge in [-0.2, -0.15) is 4.37 Å². The van der Waals surface area contributed by atoms with Crippen LogP contribution in [0.3, 0.4) is 0 Å². The minimum Gasteiger partial charge on any atom is -0.322 e.